The predicted molar refractivity (Wildman–Crippen MR) is 101 cm³/mol. The number of nitriles is 1. The Labute approximate surface area is 158 Å². The highest BCUT2D eigenvalue weighted by molar-refractivity contribution is 5.39. The van der Waals surface area contributed by atoms with Gasteiger partial charge in [0.05, 0.1) is 17.3 Å². The van der Waals surface area contributed by atoms with Gasteiger partial charge in [0, 0.05) is 18.3 Å². The summed E-state index contributed by atoms with van der Waals surface area (Å²) in [5, 5.41) is 27.5. The summed E-state index contributed by atoms with van der Waals surface area (Å²) in [6.07, 6.45) is 4.43. The molecule has 0 radical (unpaired) electrons. The highest BCUT2D eigenvalue weighted by atomic mass is 16.3. The van der Waals surface area contributed by atoms with Crippen molar-refractivity contribution in [3.05, 3.63) is 71.0 Å². The minimum Gasteiger partial charge on any atom is -0.493 e. The molecule has 136 valence electrons. The van der Waals surface area contributed by atoms with Crippen LogP contribution >= 0.6 is 0 Å². The number of nitrogens with zero attached hydrogens (tertiary/aromatic N) is 4. The van der Waals surface area contributed by atoms with Crippen molar-refractivity contribution >= 4 is 0 Å². The van der Waals surface area contributed by atoms with E-state index in [1.54, 1.807) is 6.20 Å². The van der Waals surface area contributed by atoms with Gasteiger partial charge in [0.1, 0.15) is 0 Å². The maximum atomic E-state index is 10.6. The van der Waals surface area contributed by atoms with Crippen LogP contribution in [0.4, 0.5) is 0 Å². The average molecular weight is 359 g/mol. The van der Waals surface area contributed by atoms with Gasteiger partial charge in [-0.05, 0) is 61.6 Å². The molecule has 1 aliphatic carbocycles. The Balaban J connectivity index is 1.38. The third kappa shape index (κ3) is 3.69. The van der Waals surface area contributed by atoms with Crippen molar-refractivity contribution in [1.29, 1.82) is 5.26 Å². The van der Waals surface area contributed by atoms with E-state index in [1.165, 1.54) is 4.68 Å². The van der Waals surface area contributed by atoms with Gasteiger partial charge < -0.3 is 10.4 Å². The molecule has 0 aliphatic heterocycles. The monoisotopic (exact) mass is 359 g/mol. The molecule has 0 spiro atoms. The number of rotatable bonds is 5. The summed E-state index contributed by atoms with van der Waals surface area (Å²) in [5.74, 6) is 1.31. The molecule has 0 fully saturated rings. The van der Waals surface area contributed by atoms with Crippen molar-refractivity contribution in [1.82, 2.24) is 20.1 Å². The molecule has 6 nitrogen and oxygen atoms in total. The number of hydrogen-bond acceptors (Lipinski definition) is 5. The number of aryl methyl sites for hydroxylation is 1. The second-order valence-corrected chi connectivity index (χ2v) is 6.90. The van der Waals surface area contributed by atoms with Crippen LogP contribution in [-0.4, -0.2) is 26.4 Å². The molecule has 1 aliphatic rings. The van der Waals surface area contributed by atoms with E-state index in [9.17, 15) is 5.11 Å². The predicted octanol–water partition coefficient (Wildman–Crippen LogP) is 2.74. The minimum absolute atomic E-state index is 0.209. The van der Waals surface area contributed by atoms with Crippen LogP contribution in [-0.2, 0) is 19.4 Å². The number of aromatic hydroxyl groups is 1. The normalized spacial score (nSPS) is 15.9. The molecule has 3 aromatic rings. The van der Waals surface area contributed by atoms with Gasteiger partial charge in [0.2, 0.25) is 5.88 Å². The highest BCUT2D eigenvalue weighted by Gasteiger charge is 2.26. The molecule has 0 saturated heterocycles. The zero-order valence-electron chi connectivity index (χ0n) is 15.0. The van der Waals surface area contributed by atoms with Crippen molar-refractivity contribution < 1.29 is 5.11 Å². The van der Waals surface area contributed by atoms with Crippen LogP contribution < -0.4 is 5.32 Å². The van der Waals surface area contributed by atoms with E-state index < -0.39 is 0 Å². The van der Waals surface area contributed by atoms with Crippen LogP contribution in [0, 0.1) is 17.2 Å². The quantitative estimate of drug-likeness (QED) is 0.731. The van der Waals surface area contributed by atoms with Crippen LogP contribution in [0.1, 0.15) is 28.8 Å². The first-order valence-electron chi connectivity index (χ1n) is 9.15. The Morgan fingerprint density at radius 1 is 1.22 bits per heavy atom. The van der Waals surface area contributed by atoms with Crippen molar-refractivity contribution in [2.75, 3.05) is 6.54 Å². The van der Waals surface area contributed by atoms with Gasteiger partial charge in [-0.2, -0.15) is 15.0 Å². The van der Waals surface area contributed by atoms with E-state index in [1.807, 2.05) is 42.5 Å². The fourth-order valence-electron chi connectivity index (χ4n) is 3.56. The summed E-state index contributed by atoms with van der Waals surface area (Å²) in [6.45, 7) is 1.65. The third-order valence-corrected chi connectivity index (χ3v) is 5.03. The Morgan fingerprint density at radius 2 is 2.07 bits per heavy atom. The summed E-state index contributed by atoms with van der Waals surface area (Å²) >= 11 is 0. The lowest BCUT2D eigenvalue weighted by atomic mass is 9.87. The van der Waals surface area contributed by atoms with E-state index in [0.29, 0.717) is 17.3 Å². The lowest BCUT2D eigenvalue weighted by Crippen LogP contribution is -2.26. The summed E-state index contributed by atoms with van der Waals surface area (Å²) in [5.41, 5.74) is 3.76. The van der Waals surface area contributed by atoms with Gasteiger partial charge in [-0.25, -0.2) is 4.98 Å². The van der Waals surface area contributed by atoms with Gasteiger partial charge in [0.15, 0.2) is 5.82 Å². The minimum atomic E-state index is 0.209. The van der Waals surface area contributed by atoms with Gasteiger partial charge in [-0.1, -0.05) is 18.2 Å². The molecule has 0 bridgehead atoms. The fraction of sp³-hybridized carbons (Fsp3) is 0.286. The summed E-state index contributed by atoms with van der Waals surface area (Å²) in [6, 6.07) is 15.4. The molecule has 0 saturated carbocycles. The Bertz CT molecular complexity index is 957. The molecule has 4 rings (SSSR count). The molecule has 2 N–H and O–H groups in total. The molecule has 6 heteroatoms. The van der Waals surface area contributed by atoms with Crippen molar-refractivity contribution in [3.63, 3.8) is 0 Å². The molecule has 2 heterocycles. The largest absolute Gasteiger partial charge is 0.493 e. The summed E-state index contributed by atoms with van der Waals surface area (Å²) < 4.78 is 1.54. The fourth-order valence-corrected chi connectivity index (χ4v) is 3.56. The average Bonchev–Trinajstić information content (AvgIpc) is 3.05. The summed E-state index contributed by atoms with van der Waals surface area (Å²) in [4.78, 5) is 4.28. The maximum Gasteiger partial charge on any atom is 0.219 e. The van der Waals surface area contributed by atoms with Crippen LogP contribution in [0.2, 0.25) is 0 Å². The third-order valence-electron chi connectivity index (χ3n) is 5.03. The molecule has 1 aromatic carbocycles. The van der Waals surface area contributed by atoms with E-state index in [4.69, 9.17) is 5.26 Å². The molecule has 1 atom stereocenters. The SMILES string of the molecule is N#Cc1ccc(CNCC2CCc3nn(-c4ccccn4)c(O)c3C2)cc1. The molecule has 0 amide bonds. The van der Waals surface area contributed by atoms with Crippen molar-refractivity contribution in [2.24, 2.45) is 5.92 Å². The second-order valence-electron chi connectivity index (χ2n) is 6.90. The standard InChI is InChI=1S/C21H21N5O/c22-12-15-4-6-16(7-5-15)13-23-14-17-8-9-19-18(11-17)21(27)26(25-19)20-3-1-2-10-24-20/h1-7,10,17,23,27H,8-9,11,13-14H2. The van der Waals surface area contributed by atoms with Crippen LogP contribution in [0.25, 0.3) is 5.82 Å². The number of pyridine rings is 1. The maximum absolute atomic E-state index is 10.6. The molecule has 27 heavy (non-hydrogen) atoms. The topological polar surface area (TPSA) is 86.8 Å². The first-order chi connectivity index (χ1) is 13.2. The van der Waals surface area contributed by atoms with Crippen molar-refractivity contribution in [3.8, 4) is 17.8 Å². The van der Waals surface area contributed by atoms with E-state index in [2.05, 4.69) is 21.5 Å². The Morgan fingerprint density at radius 3 is 2.81 bits per heavy atom. The molecule has 2 aromatic heterocycles. The second kappa shape index (κ2) is 7.60. The number of benzene rings is 1. The smallest absolute Gasteiger partial charge is 0.219 e. The van der Waals surface area contributed by atoms with E-state index in [-0.39, 0.29) is 5.88 Å². The van der Waals surface area contributed by atoms with Crippen molar-refractivity contribution in [2.45, 2.75) is 25.8 Å². The number of aromatic nitrogens is 3. The number of nitrogens with one attached hydrogen (secondary N) is 1. The van der Waals surface area contributed by atoms with E-state index in [0.717, 1.165) is 49.2 Å². The molecule has 1 unspecified atom stereocenters. The highest BCUT2D eigenvalue weighted by Crippen LogP contribution is 2.32. The van der Waals surface area contributed by atoms with Crippen LogP contribution in [0.5, 0.6) is 5.88 Å². The Hall–Kier alpha value is -3.17. The van der Waals surface area contributed by atoms with Crippen LogP contribution in [0.3, 0.4) is 0 Å². The molecular formula is C21H21N5O. The van der Waals surface area contributed by atoms with Crippen LogP contribution in [0.15, 0.2) is 48.7 Å². The number of hydrogen-bond donors (Lipinski definition) is 2. The lowest BCUT2D eigenvalue weighted by Gasteiger charge is -2.21. The van der Waals surface area contributed by atoms with Gasteiger partial charge >= 0.3 is 0 Å². The van der Waals surface area contributed by atoms with E-state index >= 15 is 0 Å². The van der Waals surface area contributed by atoms with Gasteiger partial charge in [-0.15, -0.1) is 0 Å². The van der Waals surface area contributed by atoms with Gasteiger partial charge in [-0.3, -0.25) is 0 Å². The van der Waals surface area contributed by atoms with Gasteiger partial charge in [0.25, 0.3) is 0 Å². The lowest BCUT2D eigenvalue weighted by molar-refractivity contribution is 0.398. The zero-order valence-corrected chi connectivity index (χ0v) is 15.0. The first kappa shape index (κ1) is 17.3. The first-order valence-corrected chi connectivity index (χ1v) is 9.15. The molecular weight excluding hydrogens is 338 g/mol. The zero-order chi connectivity index (χ0) is 18.6. The summed E-state index contributed by atoms with van der Waals surface area (Å²) in [7, 11) is 0. The Kier molecular flexibility index (Phi) is 4.86. The number of fused-ring (bicyclic) bond motifs is 1.